The number of hydrogen-bond donors (Lipinski definition) is 0. The zero-order chi connectivity index (χ0) is 20.2. The topological polar surface area (TPSA) is 56.6 Å². The van der Waals surface area contributed by atoms with Crippen LogP contribution >= 0.6 is 0 Å². The van der Waals surface area contributed by atoms with Gasteiger partial charge in [-0.1, -0.05) is 30.7 Å². The monoisotopic (exact) mass is 391 g/mol. The molecule has 0 aromatic heterocycles. The average molecular weight is 392 g/mol. The minimum Gasteiger partial charge on any atom is -0.465 e. The standard InChI is InChI=1S/C24H29N3O2/c1-29-24(28)23-21-8-4-3-7-18(21)15-19(16-25)22(23)17-26-13-9-20(10-14-26)27-11-5-2-6-12-27/h3-4,7-8,15,20H,2,5-6,9-14,17H2,1H3. The molecule has 5 heteroatoms. The number of fused-ring (bicyclic) bond motifs is 1. The summed E-state index contributed by atoms with van der Waals surface area (Å²) in [5, 5.41) is 11.5. The number of ether oxygens (including phenoxy) is 1. The van der Waals surface area contributed by atoms with Crippen LogP contribution in [0.5, 0.6) is 0 Å². The van der Waals surface area contributed by atoms with Gasteiger partial charge in [0.25, 0.3) is 0 Å². The van der Waals surface area contributed by atoms with Gasteiger partial charge in [-0.2, -0.15) is 5.26 Å². The molecule has 2 aromatic rings. The summed E-state index contributed by atoms with van der Waals surface area (Å²) in [6.07, 6.45) is 6.33. The molecule has 2 heterocycles. The van der Waals surface area contributed by atoms with Crippen molar-refractivity contribution >= 4 is 16.7 Å². The maximum absolute atomic E-state index is 12.7. The number of hydrogen-bond acceptors (Lipinski definition) is 5. The van der Waals surface area contributed by atoms with Crippen molar-refractivity contribution in [2.75, 3.05) is 33.3 Å². The van der Waals surface area contributed by atoms with E-state index in [4.69, 9.17) is 4.74 Å². The molecule has 0 bridgehead atoms. The van der Waals surface area contributed by atoms with E-state index in [1.54, 1.807) is 0 Å². The summed E-state index contributed by atoms with van der Waals surface area (Å²) >= 11 is 0. The van der Waals surface area contributed by atoms with Crippen molar-refractivity contribution in [1.29, 1.82) is 5.26 Å². The highest BCUT2D eigenvalue weighted by Gasteiger charge is 2.27. The van der Waals surface area contributed by atoms with Gasteiger partial charge in [-0.3, -0.25) is 4.90 Å². The molecule has 0 atom stereocenters. The van der Waals surface area contributed by atoms with E-state index in [1.807, 2.05) is 30.3 Å². The van der Waals surface area contributed by atoms with Crippen molar-refractivity contribution in [1.82, 2.24) is 9.80 Å². The van der Waals surface area contributed by atoms with Crippen molar-refractivity contribution in [2.24, 2.45) is 0 Å². The molecule has 0 amide bonds. The van der Waals surface area contributed by atoms with Crippen molar-refractivity contribution in [2.45, 2.75) is 44.7 Å². The van der Waals surface area contributed by atoms with Crippen LogP contribution < -0.4 is 0 Å². The van der Waals surface area contributed by atoms with E-state index < -0.39 is 0 Å². The van der Waals surface area contributed by atoms with Crippen LogP contribution in [0.1, 0.15) is 53.6 Å². The Bertz CT molecular complexity index is 920. The van der Waals surface area contributed by atoms with Crippen LogP contribution in [0.2, 0.25) is 0 Å². The first-order chi connectivity index (χ1) is 14.2. The molecule has 152 valence electrons. The first-order valence-corrected chi connectivity index (χ1v) is 10.7. The van der Waals surface area contributed by atoms with Gasteiger partial charge in [-0.15, -0.1) is 0 Å². The molecule has 29 heavy (non-hydrogen) atoms. The second-order valence-electron chi connectivity index (χ2n) is 8.21. The Hall–Kier alpha value is -2.42. The molecule has 0 radical (unpaired) electrons. The molecule has 2 aliphatic heterocycles. The summed E-state index contributed by atoms with van der Waals surface area (Å²) in [5.41, 5.74) is 1.91. The van der Waals surface area contributed by atoms with Crippen molar-refractivity contribution in [3.8, 4) is 6.07 Å². The molecule has 2 saturated heterocycles. The van der Waals surface area contributed by atoms with Crippen LogP contribution in [0.15, 0.2) is 30.3 Å². The van der Waals surface area contributed by atoms with Gasteiger partial charge in [-0.25, -0.2) is 4.79 Å². The second kappa shape index (κ2) is 8.94. The number of benzene rings is 2. The zero-order valence-corrected chi connectivity index (χ0v) is 17.2. The van der Waals surface area contributed by atoms with Crippen molar-refractivity contribution < 1.29 is 9.53 Å². The summed E-state index contributed by atoms with van der Waals surface area (Å²) in [6.45, 7) is 5.09. The van der Waals surface area contributed by atoms with E-state index >= 15 is 0 Å². The summed E-state index contributed by atoms with van der Waals surface area (Å²) in [7, 11) is 1.41. The van der Waals surface area contributed by atoms with Crippen LogP contribution in [0.3, 0.4) is 0 Å². The number of carbonyl (C=O) groups excluding carboxylic acids is 1. The van der Waals surface area contributed by atoms with Crippen LogP contribution in [-0.4, -0.2) is 55.1 Å². The smallest absolute Gasteiger partial charge is 0.338 e. The average Bonchev–Trinajstić information content (AvgIpc) is 2.79. The lowest BCUT2D eigenvalue weighted by Crippen LogP contribution is -2.46. The number of carbonyl (C=O) groups is 1. The number of methoxy groups -OCH3 is 1. The summed E-state index contributed by atoms with van der Waals surface area (Å²) in [6, 6.07) is 12.6. The molecule has 0 unspecified atom stereocenters. The zero-order valence-electron chi connectivity index (χ0n) is 17.2. The fraction of sp³-hybridized carbons (Fsp3) is 0.500. The fourth-order valence-electron chi connectivity index (χ4n) is 4.94. The quantitative estimate of drug-likeness (QED) is 0.739. The maximum Gasteiger partial charge on any atom is 0.338 e. The lowest BCUT2D eigenvalue weighted by molar-refractivity contribution is 0.0598. The largest absolute Gasteiger partial charge is 0.465 e. The third-order valence-corrected chi connectivity index (χ3v) is 6.51. The van der Waals surface area contributed by atoms with Gasteiger partial charge >= 0.3 is 5.97 Å². The summed E-state index contributed by atoms with van der Waals surface area (Å²) in [5.74, 6) is -0.364. The SMILES string of the molecule is COC(=O)c1c(CN2CCC(N3CCCCC3)CC2)c(C#N)cc2ccccc12. The van der Waals surface area contributed by atoms with E-state index in [9.17, 15) is 10.1 Å². The number of nitriles is 1. The number of likely N-dealkylation sites (tertiary alicyclic amines) is 2. The molecule has 0 saturated carbocycles. The Labute approximate surface area is 172 Å². The van der Waals surface area contributed by atoms with E-state index in [1.165, 1.54) is 39.5 Å². The summed E-state index contributed by atoms with van der Waals surface area (Å²) < 4.78 is 5.10. The van der Waals surface area contributed by atoms with Gasteiger partial charge in [0, 0.05) is 12.6 Å². The Morgan fingerprint density at radius 2 is 1.86 bits per heavy atom. The number of nitrogens with zero attached hydrogens (tertiary/aromatic N) is 3. The van der Waals surface area contributed by atoms with E-state index in [2.05, 4.69) is 15.9 Å². The van der Waals surface area contributed by atoms with Gasteiger partial charge < -0.3 is 9.64 Å². The van der Waals surface area contributed by atoms with Gasteiger partial charge in [0.1, 0.15) is 0 Å². The van der Waals surface area contributed by atoms with Crippen LogP contribution in [-0.2, 0) is 11.3 Å². The van der Waals surface area contributed by atoms with E-state index in [-0.39, 0.29) is 5.97 Å². The molecule has 5 nitrogen and oxygen atoms in total. The van der Waals surface area contributed by atoms with Crippen LogP contribution in [0.25, 0.3) is 10.8 Å². The Morgan fingerprint density at radius 1 is 1.14 bits per heavy atom. The first-order valence-electron chi connectivity index (χ1n) is 10.7. The van der Waals surface area contributed by atoms with Gasteiger partial charge in [0.2, 0.25) is 0 Å². The van der Waals surface area contributed by atoms with E-state index in [0.717, 1.165) is 42.3 Å². The maximum atomic E-state index is 12.7. The van der Waals surface area contributed by atoms with E-state index in [0.29, 0.717) is 23.7 Å². The molecule has 2 fully saturated rings. The molecule has 4 rings (SSSR count). The highest BCUT2D eigenvalue weighted by molar-refractivity contribution is 6.06. The lowest BCUT2D eigenvalue weighted by Gasteiger charge is -2.40. The minimum atomic E-state index is -0.364. The molecule has 0 aliphatic carbocycles. The Morgan fingerprint density at radius 3 is 2.55 bits per heavy atom. The van der Waals surface area contributed by atoms with Gasteiger partial charge in [0.05, 0.1) is 24.3 Å². The Kier molecular flexibility index (Phi) is 6.13. The Balaban J connectivity index is 1.57. The first kappa shape index (κ1) is 19.9. The van der Waals surface area contributed by atoms with Crippen LogP contribution in [0.4, 0.5) is 0 Å². The third kappa shape index (κ3) is 4.14. The van der Waals surface area contributed by atoms with Gasteiger partial charge in [-0.05, 0) is 74.3 Å². The molecular formula is C24H29N3O2. The number of esters is 1. The second-order valence-corrected chi connectivity index (χ2v) is 8.21. The fourth-order valence-corrected chi connectivity index (χ4v) is 4.94. The highest BCUT2D eigenvalue weighted by Crippen LogP contribution is 2.29. The predicted octanol–water partition coefficient (Wildman–Crippen LogP) is 3.95. The third-order valence-electron chi connectivity index (χ3n) is 6.51. The molecule has 0 N–H and O–H groups in total. The van der Waals surface area contributed by atoms with Crippen molar-refractivity contribution in [3.63, 3.8) is 0 Å². The van der Waals surface area contributed by atoms with Crippen molar-refractivity contribution in [3.05, 3.63) is 47.0 Å². The number of rotatable bonds is 4. The molecule has 2 aliphatic rings. The molecular weight excluding hydrogens is 362 g/mol. The van der Waals surface area contributed by atoms with Crippen LogP contribution in [0, 0.1) is 11.3 Å². The number of piperidine rings is 2. The minimum absolute atomic E-state index is 0.364. The lowest BCUT2D eigenvalue weighted by atomic mass is 9.93. The normalized spacial score (nSPS) is 19.2. The van der Waals surface area contributed by atoms with Gasteiger partial charge in [0.15, 0.2) is 0 Å². The summed E-state index contributed by atoms with van der Waals surface area (Å²) in [4.78, 5) is 17.7. The predicted molar refractivity (Wildman–Crippen MR) is 114 cm³/mol. The molecule has 2 aromatic carbocycles. The highest BCUT2D eigenvalue weighted by atomic mass is 16.5. The molecule has 0 spiro atoms.